The number of rotatable bonds is 2. The minimum absolute atomic E-state index is 0.0250. The van der Waals surface area contributed by atoms with E-state index in [-0.39, 0.29) is 18.8 Å². The van der Waals surface area contributed by atoms with Gasteiger partial charge in [-0.1, -0.05) is 0 Å². The number of aliphatic hydroxyl groups is 3. The Morgan fingerprint density at radius 3 is 2.67 bits per heavy atom. The summed E-state index contributed by atoms with van der Waals surface area (Å²) in [6.07, 6.45) is -4.35. The molecule has 2 saturated heterocycles. The van der Waals surface area contributed by atoms with E-state index in [2.05, 4.69) is 0 Å². The van der Waals surface area contributed by atoms with Crippen molar-refractivity contribution in [2.45, 2.75) is 31.0 Å². The van der Waals surface area contributed by atoms with Crippen LogP contribution in [-0.4, -0.2) is 82.6 Å². The maximum absolute atomic E-state index is 11.8. The third kappa shape index (κ3) is 1.99. The molecule has 2 aliphatic heterocycles. The van der Waals surface area contributed by atoms with E-state index in [0.29, 0.717) is 4.81 Å². The molecule has 0 aromatic carbocycles. The third-order valence-corrected chi connectivity index (χ3v) is 3.16. The number of carbonyl (C=O) groups is 1. The van der Waals surface area contributed by atoms with E-state index in [1.54, 1.807) is 0 Å². The van der Waals surface area contributed by atoms with Crippen LogP contribution in [0.1, 0.15) is 6.42 Å². The van der Waals surface area contributed by atoms with Gasteiger partial charge in [0.15, 0.2) is 6.23 Å². The fourth-order valence-corrected chi connectivity index (χ4v) is 2.07. The summed E-state index contributed by atoms with van der Waals surface area (Å²) in [5.41, 5.74) is 0. The molecule has 0 aliphatic carbocycles. The average Bonchev–Trinajstić information content (AvgIpc) is 2.64. The number of hydrogen-bond acceptors (Lipinski definition) is 6. The van der Waals surface area contributed by atoms with Crippen LogP contribution in [-0.2, 0) is 4.74 Å². The highest BCUT2D eigenvalue weighted by Gasteiger charge is 2.47. The summed E-state index contributed by atoms with van der Waals surface area (Å²) in [7, 11) is 5.40. The van der Waals surface area contributed by atoms with Gasteiger partial charge in [0.2, 0.25) is 7.98 Å². The van der Waals surface area contributed by atoms with E-state index in [4.69, 9.17) is 23.2 Å². The number of aliphatic hydroxyl groups excluding tert-OH is 3. The van der Waals surface area contributed by atoms with Crippen molar-refractivity contribution < 1.29 is 24.9 Å². The lowest BCUT2D eigenvalue weighted by Crippen LogP contribution is -2.57. The number of ether oxygens (including phenoxy) is 1. The minimum Gasteiger partial charge on any atom is -0.394 e. The molecule has 0 spiro atoms. The van der Waals surface area contributed by atoms with Gasteiger partial charge in [-0.3, -0.25) is 10.3 Å². The van der Waals surface area contributed by atoms with Crippen molar-refractivity contribution >= 4 is 19.8 Å². The lowest BCUT2D eigenvalue weighted by Gasteiger charge is -2.38. The first-order chi connectivity index (χ1) is 8.47. The maximum atomic E-state index is 11.8. The Bertz CT molecular complexity index is 368. The lowest BCUT2D eigenvalue weighted by atomic mass is 10.1. The van der Waals surface area contributed by atoms with E-state index in [1.165, 1.54) is 0 Å². The molecule has 2 fully saturated rings. The van der Waals surface area contributed by atoms with Crippen molar-refractivity contribution in [2.24, 2.45) is 0 Å². The molecule has 0 bridgehead atoms. The lowest BCUT2D eigenvalue weighted by molar-refractivity contribution is -0.0814. The Morgan fingerprint density at radius 1 is 1.44 bits per heavy atom. The molecule has 2 rings (SSSR count). The molecule has 0 aromatic heterocycles. The molecule has 0 saturated carbocycles. The van der Waals surface area contributed by atoms with E-state index < -0.39 is 37.2 Å². The van der Waals surface area contributed by atoms with Crippen LogP contribution < -0.4 is 0 Å². The van der Waals surface area contributed by atoms with Crippen LogP contribution in [0, 0.1) is 5.41 Å². The summed E-state index contributed by atoms with van der Waals surface area (Å²) in [5, 5.41) is 35.8. The van der Waals surface area contributed by atoms with Gasteiger partial charge >= 0.3 is 6.03 Å². The maximum Gasteiger partial charge on any atom is 0.314 e. The first-order valence-electron chi connectivity index (χ1n) is 5.52. The van der Waals surface area contributed by atoms with Crippen LogP contribution in [0.3, 0.4) is 0 Å². The summed E-state index contributed by atoms with van der Waals surface area (Å²) in [6.45, 7) is -0.295. The summed E-state index contributed by atoms with van der Waals surface area (Å²) in [4.78, 5) is 13.6. The zero-order valence-corrected chi connectivity index (χ0v) is 9.56. The molecule has 2 heterocycles. The average molecular weight is 255 g/mol. The van der Waals surface area contributed by atoms with Crippen LogP contribution in [0.5, 0.6) is 0 Å². The smallest absolute Gasteiger partial charge is 0.314 e. The molecular weight excluding hydrogens is 241 g/mol. The highest BCUT2D eigenvalue weighted by atomic mass is 16.6. The number of amidine groups is 1. The second-order valence-electron chi connectivity index (χ2n) is 4.27. The number of carbonyl (C=O) groups excluding carboxylic acids is 1. The van der Waals surface area contributed by atoms with Crippen molar-refractivity contribution in [3.05, 3.63) is 0 Å². The van der Waals surface area contributed by atoms with Crippen LogP contribution in [0.4, 0.5) is 4.79 Å². The van der Waals surface area contributed by atoms with Gasteiger partial charge < -0.3 is 24.9 Å². The van der Waals surface area contributed by atoms with Gasteiger partial charge in [-0.15, -0.1) is 0 Å². The zero-order chi connectivity index (χ0) is 13.4. The van der Waals surface area contributed by atoms with E-state index >= 15 is 0 Å². The molecule has 2 aliphatic rings. The fourth-order valence-electron chi connectivity index (χ4n) is 2.07. The molecule has 4 atom stereocenters. The topological polar surface area (TPSA) is 117 Å². The molecule has 0 unspecified atom stereocenters. The zero-order valence-electron chi connectivity index (χ0n) is 9.56. The van der Waals surface area contributed by atoms with Crippen LogP contribution in [0.2, 0.25) is 0 Å². The Hall–Kier alpha value is -1.16. The van der Waals surface area contributed by atoms with Crippen molar-refractivity contribution in [1.29, 1.82) is 5.41 Å². The van der Waals surface area contributed by atoms with Crippen molar-refractivity contribution in [3.63, 3.8) is 0 Å². The largest absolute Gasteiger partial charge is 0.394 e. The third-order valence-electron chi connectivity index (χ3n) is 3.16. The van der Waals surface area contributed by atoms with Crippen molar-refractivity contribution in [3.8, 4) is 0 Å². The summed E-state index contributed by atoms with van der Waals surface area (Å²) in [6, 6.07) is -0.680. The standard InChI is InChI=1S/C9H14BN3O5/c10-13-5(11)1-2-12(9(13)17)8-7(16)6(15)4(3-14)18-8/h4,6-8,11,14-16H,1-3H2/t4-,6-,7-,8-/m1/s1. The highest BCUT2D eigenvalue weighted by molar-refractivity contribution is 6.25. The first-order valence-corrected chi connectivity index (χ1v) is 5.52. The normalized spacial score (nSPS) is 37.5. The summed E-state index contributed by atoms with van der Waals surface area (Å²) >= 11 is 0. The number of nitrogens with one attached hydrogen (secondary N) is 1. The van der Waals surface area contributed by atoms with Gasteiger partial charge in [-0.2, -0.15) is 0 Å². The molecule has 2 radical (unpaired) electrons. The second-order valence-corrected chi connectivity index (χ2v) is 4.27. The van der Waals surface area contributed by atoms with E-state index in [9.17, 15) is 15.0 Å². The van der Waals surface area contributed by atoms with Crippen LogP contribution in [0.15, 0.2) is 0 Å². The first kappa shape index (κ1) is 13.3. The highest BCUT2D eigenvalue weighted by Crippen LogP contribution is 2.26. The van der Waals surface area contributed by atoms with Gasteiger partial charge in [0.05, 0.1) is 12.4 Å². The number of urea groups is 1. The Labute approximate surface area is 105 Å². The van der Waals surface area contributed by atoms with Gasteiger partial charge in [-0.25, -0.2) is 4.79 Å². The van der Waals surface area contributed by atoms with Gasteiger partial charge in [-0.05, 0) is 0 Å². The SMILES string of the molecule is [B]N1C(=N)CCN([C@@H]2O[C@H](CO)[C@@H](O)[C@H]2O)C1=O. The molecule has 8 nitrogen and oxygen atoms in total. The molecule has 98 valence electrons. The van der Waals surface area contributed by atoms with Crippen molar-refractivity contribution in [1.82, 2.24) is 9.71 Å². The molecule has 9 heteroatoms. The van der Waals surface area contributed by atoms with Crippen LogP contribution in [0.25, 0.3) is 0 Å². The van der Waals surface area contributed by atoms with Crippen molar-refractivity contribution in [2.75, 3.05) is 13.2 Å². The van der Waals surface area contributed by atoms with Gasteiger partial charge in [0.25, 0.3) is 0 Å². The molecule has 4 N–H and O–H groups in total. The predicted octanol–water partition coefficient (Wildman–Crippen LogP) is -2.39. The Balaban J connectivity index is 2.13. The van der Waals surface area contributed by atoms with E-state index in [0.717, 1.165) is 4.90 Å². The van der Waals surface area contributed by atoms with Crippen LogP contribution >= 0.6 is 0 Å². The van der Waals surface area contributed by atoms with Gasteiger partial charge in [0.1, 0.15) is 18.3 Å². The molecule has 0 aromatic rings. The molecule has 18 heavy (non-hydrogen) atoms. The molecule has 2 amide bonds. The fraction of sp³-hybridized carbons (Fsp3) is 0.778. The Morgan fingerprint density at radius 2 is 2.11 bits per heavy atom. The number of amides is 2. The predicted molar refractivity (Wildman–Crippen MR) is 59.8 cm³/mol. The summed E-state index contributed by atoms with van der Waals surface area (Å²) in [5.74, 6) is -0.0250. The molecular formula is C9H14BN3O5. The number of hydrogen-bond donors (Lipinski definition) is 4. The minimum atomic E-state index is -1.31. The second kappa shape index (κ2) is 4.85. The summed E-state index contributed by atoms with van der Waals surface area (Å²) < 4.78 is 5.23. The quantitative estimate of drug-likeness (QED) is 0.411. The Kier molecular flexibility index (Phi) is 3.57. The monoisotopic (exact) mass is 255 g/mol. The van der Waals surface area contributed by atoms with E-state index in [1.807, 2.05) is 0 Å². The van der Waals surface area contributed by atoms with Gasteiger partial charge in [0, 0.05) is 13.0 Å². The number of nitrogens with zero attached hydrogens (tertiary/aromatic N) is 2.